The minimum Gasteiger partial charge on any atom is -0.508 e. The van der Waals surface area contributed by atoms with Crippen molar-refractivity contribution in [2.24, 2.45) is 5.73 Å². The molecule has 410 valence electrons. The van der Waals surface area contributed by atoms with Gasteiger partial charge >= 0.3 is 23.9 Å². The molecule has 9 atom stereocenters. The number of nitrogens with two attached hydrogens (primary N) is 1. The lowest BCUT2D eigenvalue weighted by Gasteiger charge is -2.30. The van der Waals surface area contributed by atoms with E-state index in [-0.39, 0.29) is 42.9 Å². The highest BCUT2D eigenvalue weighted by atomic mass is 16.4. The van der Waals surface area contributed by atoms with Gasteiger partial charge in [-0.1, -0.05) is 24.3 Å². The van der Waals surface area contributed by atoms with Gasteiger partial charge in [0.25, 0.3) is 0 Å². The summed E-state index contributed by atoms with van der Waals surface area (Å²) >= 11 is 0. The summed E-state index contributed by atoms with van der Waals surface area (Å²) < 4.78 is 0. The second-order valence-corrected chi connectivity index (χ2v) is 17.3. The maximum absolute atomic E-state index is 14.3. The number of nitrogens with one attached hydrogen (secondary N) is 7. The quantitative estimate of drug-likeness (QED) is 0.0348. The number of benzene rings is 2. The fraction of sp³-hybridized carbons (Fsp3) is 0.478. The minimum atomic E-state index is -2.08. The van der Waals surface area contributed by atoms with Gasteiger partial charge in [0.2, 0.25) is 47.3 Å². The Morgan fingerprint density at radius 3 is 1.45 bits per heavy atom. The van der Waals surface area contributed by atoms with Crippen LogP contribution in [-0.4, -0.2) is 191 Å². The van der Waals surface area contributed by atoms with Crippen molar-refractivity contribution in [3.8, 4) is 11.5 Å². The van der Waals surface area contributed by atoms with E-state index in [0.717, 1.165) is 11.8 Å². The van der Waals surface area contributed by atoms with Crippen LogP contribution in [0.4, 0.5) is 0 Å². The maximum atomic E-state index is 14.3. The van der Waals surface area contributed by atoms with Crippen molar-refractivity contribution in [2.45, 2.75) is 119 Å². The summed E-state index contributed by atoms with van der Waals surface area (Å²) in [6.07, 6.45) is -4.53. The number of phenols is 2. The summed E-state index contributed by atoms with van der Waals surface area (Å²) in [4.78, 5) is 157. The van der Waals surface area contributed by atoms with Crippen molar-refractivity contribution < 1.29 is 98.4 Å². The first-order valence-corrected chi connectivity index (χ1v) is 23.2. The molecular weight excluding hydrogens is 999 g/mol. The topological polar surface area (TPSA) is 480 Å². The van der Waals surface area contributed by atoms with Gasteiger partial charge in [0, 0.05) is 32.2 Å². The fourth-order valence-corrected chi connectivity index (χ4v) is 7.41. The van der Waals surface area contributed by atoms with Crippen molar-refractivity contribution >= 4 is 71.1 Å². The first-order chi connectivity index (χ1) is 35.3. The molecule has 1 aliphatic rings. The molecule has 0 bridgehead atoms. The number of carboxylic acid groups (broad SMARTS) is 4. The molecule has 3 rings (SSSR count). The monoisotopic (exact) mass is 1060 g/mol. The number of aromatic hydroxyl groups is 2. The third-order valence-electron chi connectivity index (χ3n) is 11.5. The summed E-state index contributed by atoms with van der Waals surface area (Å²) in [5.41, 5.74) is 6.04. The Labute approximate surface area is 426 Å². The predicted molar refractivity (Wildman–Crippen MR) is 253 cm³/mol. The zero-order valence-electron chi connectivity index (χ0n) is 40.3. The smallest absolute Gasteiger partial charge is 0.328 e. The van der Waals surface area contributed by atoms with E-state index in [4.69, 9.17) is 10.8 Å². The zero-order valence-corrected chi connectivity index (χ0v) is 40.3. The Kier molecular flexibility index (Phi) is 23.8. The Hall–Kier alpha value is -8.44. The summed E-state index contributed by atoms with van der Waals surface area (Å²) in [5, 5.41) is 92.3. The Bertz CT molecular complexity index is 2410. The summed E-state index contributed by atoms with van der Waals surface area (Å²) in [5.74, 6) is -15.4. The lowest BCUT2D eigenvalue weighted by atomic mass is 10.0. The number of rotatable bonds is 30. The number of carbonyl (C=O) groups excluding carboxylic acids is 8. The number of phenolic OH excluding ortho intramolecular Hbond substituents is 2. The van der Waals surface area contributed by atoms with Crippen molar-refractivity contribution in [3.63, 3.8) is 0 Å². The first kappa shape index (κ1) is 60.9. The molecule has 8 amide bonds. The Morgan fingerprint density at radius 1 is 0.547 bits per heavy atom. The number of likely N-dealkylation sites (tertiary alicyclic amines) is 1. The van der Waals surface area contributed by atoms with Crippen LogP contribution in [0.25, 0.3) is 0 Å². The molecule has 1 fully saturated rings. The van der Waals surface area contributed by atoms with Crippen LogP contribution in [0.2, 0.25) is 0 Å². The maximum Gasteiger partial charge on any atom is 0.328 e. The lowest BCUT2D eigenvalue weighted by molar-refractivity contribution is -0.146. The first-order valence-electron chi connectivity index (χ1n) is 23.2. The molecule has 1 saturated heterocycles. The van der Waals surface area contributed by atoms with Gasteiger partial charge in [0.05, 0.1) is 19.6 Å². The van der Waals surface area contributed by atoms with E-state index in [1.54, 1.807) is 0 Å². The van der Waals surface area contributed by atoms with Crippen molar-refractivity contribution in [1.82, 2.24) is 42.1 Å². The Morgan fingerprint density at radius 2 is 0.987 bits per heavy atom. The van der Waals surface area contributed by atoms with E-state index in [9.17, 15) is 93.3 Å². The number of nitrogens with zero attached hydrogens (tertiary/aromatic N) is 1. The Balaban J connectivity index is 1.99. The van der Waals surface area contributed by atoms with Gasteiger partial charge in [0.1, 0.15) is 65.9 Å². The zero-order chi connectivity index (χ0) is 56.1. The highest BCUT2D eigenvalue weighted by molar-refractivity contribution is 5.99. The van der Waals surface area contributed by atoms with Gasteiger partial charge in [-0.05, 0) is 68.0 Å². The summed E-state index contributed by atoms with van der Waals surface area (Å²) in [6.45, 7) is -0.675. The van der Waals surface area contributed by atoms with Gasteiger partial charge in [0.15, 0.2) is 0 Å². The third kappa shape index (κ3) is 19.8. The molecule has 2 aromatic carbocycles. The van der Waals surface area contributed by atoms with Crippen LogP contribution in [0.5, 0.6) is 11.5 Å². The van der Waals surface area contributed by atoms with Crippen molar-refractivity contribution in [2.75, 3.05) is 19.8 Å². The van der Waals surface area contributed by atoms with E-state index in [0.29, 0.717) is 5.56 Å². The molecule has 0 saturated carbocycles. The van der Waals surface area contributed by atoms with Gasteiger partial charge in [-0.3, -0.25) is 52.7 Å². The van der Waals surface area contributed by atoms with Crippen molar-refractivity contribution in [1.29, 1.82) is 0 Å². The highest BCUT2D eigenvalue weighted by Crippen LogP contribution is 2.21. The minimum absolute atomic E-state index is 0.0440. The molecule has 1 heterocycles. The largest absolute Gasteiger partial charge is 0.508 e. The molecule has 0 unspecified atom stereocenters. The van der Waals surface area contributed by atoms with Crippen molar-refractivity contribution in [3.05, 3.63) is 59.7 Å². The second-order valence-electron chi connectivity index (χ2n) is 17.3. The van der Waals surface area contributed by atoms with Crippen LogP contribution < -0.4 is 43.0 Å². The van der Waals surface area contributed by atoms with Crippen LogP contribution in [0.1, 0.15) is 63.0 Å². The summed E-state index contributed by atoms with van der Waals surface area (Å²) in [6, 6.07) is -4.56. The molecule has 1 aliphatic heterocycles. The number of aliphatic carboxylic acids is 4. The fourth-order valence-electron chi connectivity index (χ4n) is 7.41. The average molecular weight is 1060 g/mol. The summed E-state index contributed by atoms with van der Waals surface area (Å²) in [7, 11) is 0. The molecule has 0 aromatic heterocycles. The highest BCUT2D eigenvalue weighted by Gasteiger charge is 2.40. The van der Waals surface area contributed by atoms with Gasteiger partial charge in [-0.2, -0.15) is 0 Å². The molecular formula is C46H61N9O20. The average Bonchev–Trinajstić information content (AvgIpc) is 3.85. The second kappa shape index (κ2) is 29.3. The molecule has 29 nitrogen and oxygen atoms in total. The van der Waals surface area contributed by atoms with E-state index in [1.807, 2.05) is 0 Å². The third-order valence-corrected chi connectivity index (χ3v) is 11.5. The lowest BCUT2D eigenvalue weighted by Crippen LogP contribution is -2.61. The van der Waals surface area contributed by atoms with Crippen LogP contribution in [-0.2, 0) is 70.4 Å². The number of hydrogen-bond acceptors (Lipinski definition) is 17. The van der Waals surface area contributed by atoms with Gasteiger partial charge in [-0.15, -0.1) is 0 Å². The van der Waals surface area contributed by atoms with Crippen LogP contribution >= 0.6 is 0 Å². The molecule has 29 heteroatoms. The van der Waals surface area contributed by atoms with E-state index in [2.05, 4.69) is 37.2 Å². The SMILES string of the molecule is C[C@H](NC(=O)[C@@H](N)CO)C(=O)N[C@@H](CCC(=O)O)C(=O)N[C@@H](CC(=O)O)C(=O)N[C@@H](Cc1ccc(O)cc1)C(=O)N[C@@H](CCC(=O)O)C(=O)N[C@@H](Cc1ccc(O)cc1)C(=O)N1CCC[C@H]1C(=O)N[C@@H](CO)C(=O)O. The van der Waals surface area contributed by atoms with Crippen LogP contribution in [0.3, 0.4) is 0 Å². The predicted octanol–water partition coefficient (Wildman–Crippen LogP) is -5.11. The van der Waals surface area contributed by atoms with Gasteiger partial charge in [-0.25, -0.2) is 4.79 Å². The number of carbonyl (C=O) groups is 12. The molecule has 0 radical (unpaired) electrons. The number of hydrogen-bond donors (Lipinski definition) is 16. The molecule has 75 heavy (non-hydrogen) atoms. The number of aliphatic hydroxyl groups is 2. The molecule has 2 aromatic rings. The van der Waals surface area contributed by atoms with Crippen LogP contribution in [0.15, 0.2) is 48.5 Å². The number of amides is 8. The standard InChI is InChI=1S/C46H61N9O20/c1-22(48-39(67)27(47)20-56)38(66)49-28(12-14-35(60)61)40(68)52-31(19-37(64)65)43(71)51-30(17-23-4-8-25(58)9-5-23)42(70)50-29(13-15-36(62)63)41(69)53-32(18-24-6-10-26(59)11-7-24)45(73)55-16-2-3-34(55)44(72)54-33(21-57)46(74)75/h4-11,22,27-34,56-59H,2-3,12-21,47H2,1H3,(H,48,67)(H,49,66)(H,50,70)(H,51,71)(H,52,68)(H,53,69)(H,54,72)(H,60,61)(H,62,63)(H,64,65)(H,74,75)/t22-,27-,28-,29-,30-,31-,32-,33-,34-/m0/s1. The van der Waals surface area contributed by atoms with Gasteiger partial charge < -0.3 is 88.7 Å². The number of aliphatic hydroxyl groups excluding tert-OH is 2. The number of carboxylic acids is 4. The van der Waals surface area contributed by atoms with Crippen LogP contribution in [0, 0.1) is 0 Å². The van der Waals surface area contributed by atoms with E-state index < -0.39 is 177 Å². The molecule has 17 N–H and O–H groups in total. The van der Waals surface area contributed by atoms with E-state index in [1.165, 1.54) is 48.5 Å². The molecule has 0 aliphatic carbocycles. The van der Waals surface area contributed by atoms with E-state index >= 15 is 0 Å². The normalized spacial score (nSPS) is 16.2. The molecule has 0 spiro atoms.